The lowest BCUT2D eigenvalue weighted by Crippen LogP contribution is -2.28. The molecule has 0 bridgehead atoms. The Bertz CT molecular complexity index is 268. The first kappa shape index (κ1) is 11.7. The van der Waals surface area contributed by atoms with Gasteiger partial charge in [0.1, 0.15) is 0 Å². The molecule has 2 heteroatoms. The first-order valence-electron chi connectivity index (χ1n) is 5.15. The number of rotatable bonds is 4. The van der Waals surface area contributed by atoms with Crippen molar-refractivity contribution in [2.75, 3.05) is 0 Å². The van der Waals surface area contributed by atoms with E-state index in [4.69, 9.17) is 0 Å². The maximum absolute atomic E-state index is 3.55. The predicted octanol–water partition coefficient (Wildman–Crippen LogP) is 3.90. The van der Waals surface area contributed by atoms with Gasteiger partial charge in [-0.1, -0.05) is 35.0 Å². The van der Waals surface area contributed by atoms with E-state index in [9.17, 15) is 0 Å². The van der Waals surface area contributed by atoms with Gasteiger partial charge in [-0.2, -0.15) is 0 Å². The lowest BCUT2D eigenvalue weighted by Gasteiger charge is -2.19. The second kappa shape index (κ2) is 5.52. The van der Waals surface area contributed by atoms with E-state index in [2.05, 4.69) is 66.3 Å². The molecule has 1 aromatic rings. The summed E-state index contributed by atoms with van der Waals surface area (Å²) in [5.74, 6) is 0. The molecule has 14 heavy (non-hydrogen) atoms. The third-order valence-electron chi connectivity index (χ3n) is 2.52. The first-order valence-corrected chi connectivity index (χ1v) is 5.94. The van der Waals surface area contributed by atoms with Crippen molar-refractivity contribution < 1.29 is 0 Å². The predicted molar refractivity (Wildman–Crippen MR) is 65.4 cm³/mol. The summed E-state index contributed by atoms with van der Waals surface area (Å²) in [6.45, 7) is 6.62. The molecule has 0 fully saturated rings. The van der Waals surface area contributed by atoms with Crippen LogP contribution in [0.3, 0.4) is 0 Å². The van der Waals surface area contributed by atoms with Crippen LogP contribution in [0.4, 0.5) is 0 Å². The number of nitrogens with one attached hydrogen (secondary N) is 1. The van der Waals surface area contributed by atoms with Crippen LogP contribution in [0.5, 0.6) is 0 Å². The molecule has 0 unspecified atom stereocenters. The molecule has 0 aliphatic heterocycles. The van der Waals surface area contributed by atoms with Gasteiger partial charge >= 0.3 is 0 Å². The minimum absolute atomic E-state index is 0.429. The summed E-state index contributed by atoms with van der Waals surface area (Å²) in [5.41, 5.74) is 1.34. The quantitative estimate of drug-likeness (QED) is 0.861. The molecule has 78 valence electrons. The number of halogens is 1. The average molecular weight is 256 g/mol. The van der Waals surface area contributed by atoms with Gasteiger partial charge in [0.15, 0.2) is 0 Å². The summed E-state index contributed by atoms with van der Waals surface area (Å²) in [6, 6.07) is 9.49. The zero-order chi connectivity index (χ0) is 10.6. The van der Waals surface area contributed by atoms with Gasteiger partial charge in [0, 0.05) is 16.6 Å². The Morgan fingerprint density at radius 3 is 2.29 bits per heavy atom. The standard InChI is InChI=1S/C12H18BrN/c1-4-9(2)14-10(3)11-5-7-12(13)8-6-11/h5-10,14H,4H2,1-3H3/t9-,10-/m1/s1. The highest BCUT2D eigenvalue weighted by Crippen LogP contribution is 2.17. The van der Waals surface area contributed by atoms with Crippen molar-refractivity contribution in [1.82, 2.24) is 5.32 Å². The van der Waals surface area contributed by atoms with Crippen molar-refractivity contribution in [1.29, 1.82) is 0 Å². The lowest BCUT2D eigenvalue weighted by atomic mass is 10.1. The zero-order valence-corrected chi connectivity index (χ0v) is 10.6. The molecule has 1 aromatic carbocycles. The Hall–Kier alpha value is -0.340. The summed E-state index contributed by atoms with van der Waals surface area (Å²) >= 11 is 3.44. The summed E-state index contributed by atoms with van der Waals surface area (Å²) in [6.07, 6.45) is 1.17. The van der Waals surface area contributed by atoms with E-state index in [1.165, 1.54) is 12.0 Å². The lowest BCUT2D eigenvalue weighted by molar-refractivity contribution is 0.469. The van der Waals surface area contributed by atoms with Crippen LogP contribution < -0.4 is 5.32 Å². The molecule has 0 aromatic heterocycles. The molecule has 0 aliphatic carbocycles. The number of benzene rings is 1. The normalized spacial score (nSPS) is 15.1. The SMILES string of the molecule is CC[C@@H](C)N[C@H](C)c1ccc(Br)cc1. The van der Waals surface area contributed by atoms with Gasteiger partial charge in [-0.05, 0) is 38.0 Å². The second-order valence-corrected chi connectivity index (χ2v) is 4.66. The summed E-state index contributed by atoms with van der Waals surface area (Å²) in [7, 11) is 0. The minimum atomic E-state index is 0.429. The van der Waals surface area contributed by atoms with Crippen LogP contribution in [0.25, 0.3) is 0 Å². The van der Waals surface area contributed by atoms with E-state index in [1.54, 1.807) is 0 Å². The van der Waals surface area contributed by atoms with Crippen molar-refractivity contribution in [3.05, 3.63) is 34.3 Å². The van der Waals surface area contributed by atoms with Crippen molar-refractivity contribution >= 4 is 15.9 Å². The molecule has 1 N–H and O–H groups in total. The average Bonchev–Trinajstić information content (AvgIpc) is 2.18. The minimum Gasteiger partial charge on any atom is -0.308 e. The van der Waals surface area contributed by atoms with E-state index in [-0.39, 0.29) is 0 Å². The molecular formula is C12H18BrN. The van der Waals surface area contributed by atoms with Crippen LogP contribution >= 0.6 is 15.9 Å². The monoisotopic (exact) mass is 255 g/mol. The van der Waals surface area contributed by atoms with Crippen LogP contribution in [0.2, 0.25) is 0 Å². The number of hydrogen-bond donors (Lipinski definition) is 1. The van der Waals surface area contributed by atoms with Gasteiger partial charge in [-0.25, -0.2) is 0 Å². The second-order valence-electron chi connectivity index (χ2n) is 3.75. The highest BCUT2D eigenvalue weighted by Gasteiger charge is 2.07. The van der Waals surface area contributed by atoms with Gasteiger partial charge in [0.2, 0.25) is 0 Å². The van der Waals surface area contributed by atoms with Crippen LogP contribution in [0, 0.1) is 0 Å². The maximum Gasteiger partial charge on any atom is 0.0294 e. The summed E-state index contributed by atoms with van der Waals surface area (Å²) in [5, 5.41) is 3.55. The highest BCUT2D eigenvalue weighted by molar-refractivity contribution is 9.10. The Morgan fingerprint density at radius 2 is 1.79 bits per heavy atom. The van der Waals surface area contributed by atoms with Crippen LogP contribution in [0.1, 0.15) is 38.8 Å². The fourth-order valence-corrected chi connectivity index (χ4v) is 1.66. The molecule has 0 radical (unpaired) electrons. The third kappa shape index (κ3) is 3.43. The Morgan fingerprint density at radius 1 is 1.21 bits per heavy atom. The van der Waals surface area contributed by atoms with E-state index in [0.29, 0.717) is 12.1 Å². The van der Waals surface area contributed by atoms with Gasteiger partial charge in [-0.3, -0.25) is 0 Å². The summed E-state index contributed by atoms with van der Waals surface area (Å²) < 4.78 is 1.14. The first-order chi connectivity index (χ1) is 6.63. The van der Waals surface area contributed by atoms with Gasteiger partial charge in [0.25, 0.3) is 0 Å². The number of hydrogen-bond acceptors (Lipinski definition) is 1. The smallest absolute Gasteiger partial charge is 0.0294 e. The van der Waals surface area contributed by atoms with Crippen molar-refractivity contribution in [3.63, 3.8) is 0 Å². The van der Waals surface area contributed by atoms with Crippen LogP contribution in [-0.4, -0.2) is 6.04 Å². The molecule has 0 aliphatic rings. The van der Waals surface area contributed by atoms with Crippen LogP contribution in [-0.2, 0) is 0 Å². The van der Waals surface area contributed by atoms with Crippen LogP contribution in [0.15, 0.2) is 28.7 Å². The topological polar surface area (TPSA) is 12.0 Å². The fraction of sp³-hybridized carbons (Fsp3) is 0.500. The van der Waals surface area contributed by atoms with Crippen molar-refractivity contribution in [3.8, 4) is 0 Å². The zero-order valence-electron chi connectivity index (χ0n) is 9.05. The largest absolute Gasteiger partial charge is 0.308 e. The Balaban J connectivity index is 2.60. The van der Waals surface area contributed by atoms with Crippen molar-refractivity contribution in [2.45, 2.75) is 39.3 Å². The third-order valence-corrected chi connectivity index (χ3v) is 3.05. The van der Waals surface area contributed by atoms with E-state index >= 15 is 0 Å². The Kier molecular flexibility index (Phi) is 4.63. The molecule has 0 amide bonds. The molecule has 2 atom stereocenters. The molecule has 0 heterocycles. The molecular weight excluding hydrogens is 238 g/mol. The van der Waals surface area contributed by atoms with Gasteiger partial charge in [-0.15, -0.1) is 0 Å². The van der Waals surface area contributed by atoms with Crippen molar-refractivity contribution in [2.24, 2.45) is 0 Å². The fourth-order valence-electron chi connectivity index (χ4n) is 1.39. The molecule has 1 nitrogen and oxygen atoms in total. The molecule has 0 saturated carbocycles. The van der Waals surface area contributed by atoms with E-state index in [1.807, 2.05) is 0 Å². The maximum atomic E-state index is 3.55. The van der Waals surface area contributed by atoms with E-state index < -0.39 is 0 Å². The molecule has 0 saturated heterocycles. The molecule has 0 spiro atoms. The van der Waals surface area contributed by atoms with E-state index in [0.717, 1.165) is 4.47 Å². The summed E-state index contributed by atoms with van der Waals surface area (Å²) in [4.78, 5) is 0. The highest BCUT2D eigenvalue weighted by atomic mass is 79.9. The van der Waals surface area contributed by atoms with Gasteiger partial charge < -0.3 is 5.32 Å². The molecule has 1 rings (SSSR count). The van der Waals surface area contributed by atoms with Gasteiger partial charge in [0.05, 0.1) is 0 Å². The Labute approximate surface area is 95.0 Å².